The van der Waals surface area contributed by atoms with E-state index in [9.17, 15) is 9.90 Å². The summed E-state index contributed by atoms with van der Waals surface area (Å²) in [5, 5.41) is 9.56. The van der Waals surface area contributed by atoms with Crippen molar-refractivity contribution in [3.8, 4) is 0 Å². The number of carboxylic acid groups (broad SMARTS) is 1. The van der Waals surface area contributed by atoms with Gasteiger partial charge in [-0.25, -0.2) is 0 Å². The first kappa shape index (κ1) is 7.23. The second kappa shape index (κ2) is 3.26. The molecule has 0 aliphatic heterocycles. The van der Waals surface area contributed by atoms with Gasteiger partial charge in [-0.05, 0) is 6.92 Å². The number of hydrogen-bond donors (Lipinski definition) is 0. The van der Waals surface area contributed by atoms with Crippen LogP contribution in [0.15, 0.2) is 0 Å². The van der Waals surface area contributed by atoms with Gasteiger partial charge in [0.1, 0.15) is 6.29 Å². The first-order valence-corrected chi connectivity index (χ1v) is 2.07. The molecule has 0 amide bonds. The summed E-state index contributed by atoms with van der Waals surface area (Å²) in [6.07, 6.45) is -2.31. The van der Waals surface area contributed by atoms with E-state index >= 15 is 0 Å². The second-order valence-electron chi connectivity index (χ2n) is 1.17. The molecule has 4 heteroatoms. The van der Waals surface area contributed by atoms with Crippen LogP contribution in [0.3, 0.4) is 0 Å². The highest BCUT2D eigenvalue weighted by molar-refractivity contribution is 5.54. The van der Waals surface area contributed by atoms with Gasteiger partial charge in [0.2, 0.25) is 0 Å². The average Bonchev–Trinajstić information content (AvgIpc) is 1.65. The zero-order valence-electron chi connectivity index (χ0n) is 4.71. The van der Waals surface area contributed by atoms with E-state index in [2.05, 4.69) is 9.47 Å². The summed E-state index contributed by atoms with van der Waals surface area (Å²) in [7, 11) is 1.34. The molecule has 0 saturated heterocycles. The van der Waals surface area contributed by atoms with Crippen LogP contribution in [0.4, 0.5) is 4.79 Å². The van der Waals surface area contributed by atoms with Crippen LogP contribution < -0.4 is 5.11 Å². The molecule has 0 bridgehead atoms. The Morgan fingerprint density at radius 1 is 1.75 bits per heavy atom. The molecule has 8 heavy (non-hydrogen) atoms. The molecule has 0 saturated carbocycles. The Bertz CT molecular complexity index is 80.1. The van der Waals surface area contributed by atoms with Gasteiger partial charge in [-0.15, -0.1) is 0 Å². The molecule has 0 radical (unpaired) electrons. The zero-order chi connectivity index (χ0) is 6.57. The highest BCUT2D eigenvalue weighted by Crippen LogP contribution is 1.87. The van der Waals surface area contributed by atoms with Crippen molar-refractivity contribution in [1.29, 1.82) is 0 Å². The third kappa shape index (κ3) is 3.42. The number of methoxy groups -OCH3 is 1. The standard InChI is InChI=1S/C4H8O4/c1-3(7-2)8-4(5)6/h3H,1-2H3,(H,5,6)/p-1. The van der Waals surface area contributed by atoms with Crippen molar-refractivity contribution < 1.29 is 19.4 Å². The topological polar surface area (TPSA) is 58.6 Å². The Hall–Kier alpha value is -0.770. The average molecular weight is 119 g/mol. The largest absolute Gasteiger partial charge is 0.521 e. The first-order chi connectivity index (χ1) is 3.66. The third-order valence-corrected chi connectivity index (χ3v) is 0.594. The quantitative estimate of drug-likeness (QED) is 0.357. The minimum absolute atomic E-state index is 0.736. The van der Waals surface area contributed by atoms with Crippen molar-refractivity contribution in [3.63, 3.8) is 0 Å². The molecule has 0 aromatic heterocycles. The number of carbonyl (C=O) groups excluding carboxylic acids is 1. The van der Waals surface area contributed by atoms with E-state index in [-0.39, 0.29) is 0 Å². The highest BCUT2D eigenvalue weighted by atomic mass is 16.7. The van der Waals surface area contributed by atoms with Crippen molar-refractivity contribution >= 4 is 6.16 Å². The maximum absolute atomic E-state index is 9.56. The Kier molecular flexibility index (Phi) is 2.95. The lowest BCUT2D eigenvalue weighted by Gasteiger charge is -2.14. The van der Waals surface area contributed by atoms with E-state index in [0.717, 1.165) is 0 Å². The molecule has 0 aliphatic carbocycles. The molecule has 0 spiro atoms. The van der Waals surface area contributed by atoms with Crippen molar-refractivity contribution in [2.75, 3.05) is 7.11 Å². The number of ether oxygens (including phenoxy) is 2. The van der Waals surface area contributed by atoms with Gasteiger partial charge in [-0.2, -0.15) is 0 Å². The summed E-state index contributed by atoms with van der Waals surface area (Å²) < 4.78 is 8.40. The van der Waals surface area contributed by atoms with E-state index in [4.69, 9.17) is 0 Å². The number of carbonyl (C=O) groups is 1. The smallest absolute Gasteiger partial charge is 0.254 e. The number of hydrogen-bond acceptors (Lipinski definition) is 4. The van der Waals surface area contributed by atoms with Crippen LogP contribution in [0.5, 0.6) is 0 Å². The summed E-state index contributed by atoms with van der Waals surface area (Å²) >= 11 is 0. The Morgan fingerprint density at radius 3 is 2.38 bits per heavy atom. The molecule has 48 valence electrons. The molecule has 1 atom stereocenters. The Labute approximate surface area is 47.0 Å². The molecule has 0 fully saturated rings. The van der Waals surface area contributed by atoms with Gasteiger partial charge in [-0.3, -0.25) is 0 Å². The monoisotopic (exact) mass is 119 g/mol. The fourth-order valence-corrected chi connectivity index (χ4v) is 0.184. The molecule has 1 unspecified atom stereocenters. The minimum atomic E-state index is -1.57. The predicted octanol–water partition coefficient (Wildman–Crippen LogP) is -0.661. The van der Waals surface area contributed by atoms with E-state index < -0.39 is 12.4 Å². The summed E-state index contributed by atoms with van der Waals surface area (Å²) in [6, 6.07) is 0. The maximum atomic E-state index is 9.56. The van der Waals surface area contributed by atoms with Gasteiger partial charge in [0, 0.05) is 7.11 Å². The molecule has 0 aliphatic rings. The predicted molar refractivity (Wildman–Crippen MR) is 23.0 cm³/mol. The molecule has 0 aromatic rings. The maximum Gasteiger partial charge on any atom is 0.254 e. The van der Waals surface area contributed by atoms with Crippen molar-refractivity contribution in [3.05, 3.63) is 0 Å². The highest BCUT2D eigenvalue weighted by Gasteiger charge is 1.92. The molecule has 4 nitrogen and oxygen atoms in total. The molecular formula is C4H7O4-. The van der Waals surface area contributed by atoms with Crippen molar-refractivity contribution in [1.82, 2.24) is 0 Å². The van der Waals surface area contributed by atoms with E-state index in [1.807, 2.05) is 0 Å². The van der Waals surface area contributed by atoms with E-state index in [1.165, 1.54) is 14.0 Å². The molecular weight excluding hydrogens is 112 g/mol. The lowest BCUT2D eigenvalue weighted by Crippen LogP contribution is -2.28. The van der Waals surface area contributed by atoms with E-state index in [0.29, 0.717) is 0 Å². The SMILES string of the molecule is COC(C)OC(=O)[O-]. The minimum Gasteiger partial charge on any atom is -0.521 e. The van der Waals surface area contributed by atoms with Crippen LogP contribution in [-0.2, 0) is 9.47 Å². The molecule has 0 aromatic carbocycles. The summed E-state index contributed by atoms with van der Waals surface area (Å²) in [6.45, 7) is 1.45. The van der Waals surface area contributed by atoms with Crippen molar-refractivity contribution in [2.24, 2.45) is 0 Å². The van der Waals surface area contributed by atoms with Crippen LogP contribution in [-0.4, -0.2) is 19.6 Å². The molecule has 0 heterocycles. The van der Waals surface area contributed by atoms with Crippen LogP contribution in [0, 0.1) is 0 Å². The van der Waals surface area contributed by atoms with Crippen molar-refractivity contribution in [2.45, 2.75) is 13.2 Å². The molecule has 0 rings (SSSR count). The van der Waals surface area contributed by atoms with Gasteiger partial charge in [-0.1, -0.05) is 0 Å². The van der Waals surface area contributed by atoms with Gasteiger partial charge in [0.25, 0.3) is 6.16 Å². The molecule has 0 N–H and O–H groups in total. The van der Waals surface area contributed by atoms with Crippen LogP contribution in [0.25, 0.3) is 0 Å². The Morgan fingerprint density at radius 2 is 2.25 bits per heavy atom. The van der Waals surface area contributed by atoms with Crippen LogP contribution in [0.2, 0.25) is 0 Å². The fraction of sp³-hybridized carbons (Fsp3) is 0.750. The lowest BCUT2D eigenvalue weighted by atomic mass is 10.8. The normalized spacial score (nSPS) is 12.8. The van der Waals surface area contributed by atoms with Gasteiger partial charge in [0.05, 0.1) is 0 Å². The van der Waals surface area contributed by atoms with Crippen LogP contribution in [0.1, 0.15) is 6.92 Å². The van der Waals surface area contributed by atoms with Gasteiger partial charge >= 0.3 is 0 Å². The first-order valence-electron chi connectivity index (χ1n) is 2.07. The zero-order valence-corrected chi connectivity index (χ0v) is 4.71. The summed E-state index contributed by atoms with van der Waals surface area (Å²) in [4.78, 5) is 9.56. The number of rotatable bonds is 2. The van der Waals surface area contributed by atoms with Gasteiger partial charge < -0.3 is 19.4 Å². The second-order valence-corrected chi connectivity index (χ2v) is 1.17. The van der Waals surface area contributed by atoms with E-state index in [1.54, 1.807) is 0 Å². The Balaban J connectivity index is 3.24. The summed E-state index contributed by atoms with van der Waals surface area (Å²) in [5.74, 6) is 0. The van der Waals surface area contributed by atoms with Gasteiger partial charge in [0.15, 0.2) is 0 Å². The van der Waals surface area contributed by atoms with Crippen LogP contribution >= 0.6 is 0 Å². The summed E-state index contributed by atoms with van der Waals surface area (Å²) in [5.41, 5.74) is 0. The fourth-order valence-electron chi connectivity index (χ4n) is 0.184. The lowest BCUT2D eigenvalue weighted by molar-refractivity contribution is -0.298. The third-order valence-electron chi connectivity index (χ3n) is 0.594.